The SMILES string of the molecule is CN(c1ccccc1)N1CC(C(=O)NCc2ccc3c(c2)OCO3)CC1=O. The Bertz CT molecular complexity index is 856. The van der Waals surface area contributed by atoms with Crippen molar-refractivity contribution >= 4 is 17.5 Å². The molecule has 1 saturated heterocycles. The predicted octanol–water partition coefficient (Wildman–Crippen LogP) is 1.93. The standard InChI is InChI=1S/C20H21N3O4/c1-22(16-5-3-2-4-6-16)23-12-15(10-19(23)24)20(25)21-11-14-7-8-17-18(9-14)27-13-26-17/h2-9,15H,10-13H2,1H3,(H,21,25). The lowest BCUT2D eigenvalue weighted by Crippen LogP contribution is -2.42. The molecule has 0 spiro atoms. The number of nitrogens with zero attached hydrogens (tertiary/aromatic N) is 2. The number of amides is 2. The number of fused-ring (bicyclic) bond motifs is 1. The van der Waals surface area contributed by atoms with E-state index in [2.05, 4.69) is 5.32 Å². The number of carbonyl (C=O) groups excluding carboxylic acids is 2. The molecule has 1 atom stereocenters. The molecular weight excluding hydrogens is 346 g/mol. The van der Waals surface area contributed by atoms with Gasteiger partial charge in [-0.15, -0.1) is 0 Å². The Morgan fingerprint density at radius 1 is 1.19 bits per heavy atom. The van der Waals surface area contributed by atoms with E-state index in [9.17, 15) is 9.59 Å². The predicted molar refractivity (Wildman–Crippen MR) is 99.1 cm³/mol. The molecule has 2 heterocycles. The van der Waals surface area contributed by atoms with Crippen LogP contribution in [0.25, 0.3) is 0 Å². The number of anilines is 1. The summed E-state index contributed by atoms with van der Waals surface area (Å²) < 4.78 is 10.6. The average Bonchev–Trinajstić information content (AvgIpc) is 3.32. The number of carbonyl (C=O) groups is 2. The second kappa shape index (κ2) is 7.19. The fourth-order valence-corrected chi connectivity index (χ4v) is 3.32. The molecule has 2 aromatic rings. The average molecular weight is 367 g/mol. The quantitative estimate of drug-likeness (QED) is 0.874. The lowest BCUT2D eigenvalue weighted by molar-refractivity contribution is -0.129. The summed E-state index contributed by atoms with van der Waals surface area (Å²) in [6.45, 7) is 0.978. The summed E-state index contributed by atoms with van der Waals surface area (Å²) in [5.41, 5.74) is 1.84. The van der Waals surface area contributed by atoms with Crippen LogP contribution in [-0.4, -0.2) is 37.2 Å². The van der Waals surface area contributed by atoms with E-state index in [4.69, 9.17) is 9.47 Å². The van der Waals surface area contributed by atoms with Gasteiger partial charge in [-0.3, -0.25) is 19.6 Å². The van der Waals surface area contributed by atoms with E-state index in [1.165, 1.54) is 0 Å². The Morgan fingerprint density at radius 3 is 2.78 bits per heavy atom. The lowest BCUT2D eigenvalue weighted by Gasteiger charge is -2.30. The molecule has 0 aliphatic carbocycles. The number of ether oxygens (including phenoxy) is 2. The topological polar surface area (TPSA) is 71.1 Å². The molecular formula is C20H21N3O4. The molecule has 140 valence electrons. The number of hydrogen-bond acceptors (Lipinski definition) is 5. The molecule has 0 radical (unpaired) electrons. The van der Waals surface area contributed by atoms with Crippen molar-refractivity contribution in [3.05, 3.63) is 54.1 Å². The van der Waals surface area contributed by atoms with Crippen LogP contribution in [0.1, 0.15) is 12.0 Å². The summed E-state index contributed by atoms with van der Waals surface area (Å²) in [7, 11) is 1.83. The van der Waals surface area contributed by atoms with Crippen molar-refractivity contribution < 1.29 is 19.1 Å². The van der Waals surface area contributed by atoms with Crippen LogP contribution in [0.15, 0.2) is 48.5 Å². The molecule has 2 aliphatic rings. The molecule has 7 heteroatoms. The first-order valence-corrected chi connectivity index (χ1v) is 8.87. The zero-order valence-corrected chi connectivity index (χ0v) is 15.1. The molecule has 1 N–H and O–H groups in total. The third-order valence-electron chi connectivity index (χ3n) is 4.87. The van der Waals surface area contributed by atoms with Gasteiger partial charge < -0.3 is 14.8 Å². The first-order valence-electron chi connectivity index (χ1n) is 8.87. The van der Waals surface area contributed by atoms with Crippen LogP contribution in [0.2, 0.25) is 0 Å². The van der Waals surface area contributed by atoms with Gasteiger partial charge in [0, 0.05) is 20.0 Å². The molecule has 1 fully saturated rings. The number of hydrogen-bond donors (Lipinski definition) is 1. The lowest BCUT2D eigenvalue weighted by atomic mass is 10.1. The molecule has 0 bridgehead atoms. The van der Waals surface area contributed by atoms with Crippen molar-refractivity contribution in [1.82, 2.24) is 10.3 Å². The fourth-order valence-electron chi connectivity index (χ4n) is 3.32. The third kappa shape index (κ3) is 3.53. The van der Waals surface area contributed by atoms with Crippen molar-refractivity contribution in [1.29, 1.82) is 0 Å². The van der Waals surface area contributed by atoms with E-state index in [0.717, 1.165) is 11.3 Å². The van der Waals surface area contributed by atoms with Crippen molar-refractivity contribution in [3.63, 3.8) is 0 Å². The van der Waals surface area contributed by atoms with E-state index in [-0.39, 0.29) is 30.9 Å². The number of nitrogens with one attached hydrogen (secondary N) is 1. The van der Waals surface area contributed by atoms with Crippen molar-refractivity contribution in [2.24, 2.45) is 5.92 Å². The summed E-state index contributed by atoms with van der Waals surface area (Å²) in [5.74, 6) is 0.867. The highest BCUT2D eigenvalue weighted by Crippen LogP contribution is 2.32. The van der Waals surface area contributed by atoms with Gasteiger partial charge in [-0.1, -0.05) is 24.3 Å². The number of rotatable bonds is 5. The van der Waals surface area contributed by atoms with Crippen LogP contribution in [-0.2, 0) is 16.1 Å². The van der Waals surface area contributed by atoms with Crippen LogP contribution in [0, 0.1) is 5.92 Å². The minimum Gasteiger partial charge on any atom is -0.454 e. The largest absolute Gasteiger partial charge is 0.454 e. The molecule has 27 heavy (non-hydrogen) atoms. The minimum atomic E-state index is -0.363. The maximum Gasteiger partial charge on any atom is 0.241 e. The number of hydrazine groups is 1. The molecule has 0 aromatic heterocycles. The van der Waals surface area contributed by atoms with Crippen LogP contribution < -0.4 is 19.8 Å². The van der Waals surface area contributed by atoms with Crippen LogP contribution in [0.5, 0.6) is 11.5 Å². The van der Waals surface area contributed by atoms with Gasteiger partial charge >= 0.3 is 0 Å². The van der Waals surface area contributed by atoms with E-state index in [1.54, 1.807) is 10.0 Å². The monoisotopic (exact) mass is 367 g/mol. The van der Waals surface area contributed by atoms with E-state index in [1.807, 2.05) is 55.6 Å². The smallest absolute Gasteiger partial charge is 0.241 e. The summed E-state index contributed by atoms with van der Waals surface area (Å²) in [6, 6.07) is 15.2. The fraction of sp³-hybridized carbons (Fsp3) is 0.300. The maximum atomic E-state index is 12.5. The third-order valence-corrected chi connectivity index (χ3v) is 4.87. The van der Waals surface area contributed by atoms with Gasteiger partial charge in [0.15, 0.2) is 11.5 Å². The number of benzene rings is 2. The first-order chi connectivity index (χ1) is 13.1. The maximum absolute atomic E-state index is 12.5. The Hall–Kier alpha value is -3.22. The van der Waals surface area contributed by atoms with Crippen LogP contribution in [0.4, 0.5) is 5.69 Å². The van der Waals surface area contributed by atoms with E-state index >= 15 is 0 Å². The Balaban J connectivity index is 1.35. The van der Waals surface area contributed by atoms with Gasteiger partial charge in [0.05, 0.1) is 18.2 Å². The van der Waals surface area contributed by atoms with Gasteiger partial charge in [0.25, 0.3) is 0 Å². The molecule has 4 rings (SSSR count). The molecule has 0 saturated carbocycles. The highest BCUT2D eigenvalue weighted by molar-refractivity contribution is 5.90. The zero-order chi connectivity index (χ0) is 18.8. The highest BCUT2D eigenvalue weighted by atomic mass is 16.7. The van der Waals surface area contributed by atoms with Crippen molar-refractivity contribution in [2.75, 3.05) is 25.4 Å². The Kier molecular flexibility index (Phi) is 4.58. The van der Waals surface area contributed by atoms with Crippen molar-refractivity contribution in [2.45, 2.75) is 13.0 Å². The van der Waals surface area contributed by atoms with Crippen LogP contribution >= 0.6 is 0 Å². The Morgan fingerprint density at radius 2 is 1.96 bits per heavy atom. The second-order valence-electron chi connectivity index (χ2n) is 6.64. The van der Waals surface area contributed by atoms with Gasteiger partial charge in [-0.25, -0.2) is 0 Å². The van der Waals surface area contributed by atoms with Gasteiger partial charge in [-0.2, -0.15) is 0 Å². The number of para-hydroxylation sites is 1. The highest BCUT2D eigenvalue weighted by Gasteiger charge is 2.36. The summed E-state index contributed by atoms with van der Waals surface area (Å²) in [5, 5.41) is 6.34. The summed E-state index contributed by atoms with van der Waals surface area (Å²) >= 11 is 0. The molecule has 7 nitrogen and oxygen atoms in total. The van der Waals surface area contributed by atoms with Crippen molar-refractivity contribution in [3.8, 4) is 11.5 Å². The normalized spacial score (nSPS) is 17.9. The first kappa shape index (κ1) is 17.2. The zero-order valence-electron chi connectivity index (χ0n) is 15.1. The summed E-state index contributed by atoms with van der Waals surface area (Å²) in [4.78, 5) is 24.9. The second-order valence-corrected chi connectivity index (χ2v) is 6.64. The Labute approximate surface area is 157 Å². The summed E-state index contributed by atoms with van der Waals surface area (Å²) in [6.07, 6.45) is 0.212. The van der Waals surface area contributed by atoms with Gasteiger partial charge in [0.2, 0.25) is 18.6 Å². The molecule has 1 unspecified atom stereocenters. The van der Waals surface area contributed by atoms with Gasteiger partial charge in [-0.05, 0) is 29.8 Å². The molecule has 2 amide bonds. The van der Waals surface area contributed by atoms with E-state index < -0.39 is 0 Å². The van der Waals surface area contributed by atoms with E-state index in [0.29, 0.717) is 24.6 Å². The molecule has 2 aromatic carbocycles. The molecule has 2 aliphatic heterocycles. The minimum absolute atomic E-state index is 0.0513. The van der Waals surface area contributed by atoms with Crippen LogP contribution in [0.3, 0.4) is 0 Å². The van der Waals surface area contributed by atoms with Gasteiger partial charge in [0.1, 0.15) is 0 Å².